The van der Waals surface area contributed by atoms with Crippen molar-refractivity contribution in [2.45, 2.75) is 20.0 Å². The largest absolute Gasteiger partial charge is 0.351 e. The summed E-state index contributed by atoms with van der Waals surface area (Å²) in [4.78, 5) is 32.1. The van der Waals surface area contributed by atoms with Gasteiger partial charge in [-0.25, -0.2) is 4.98 Å². The van der Waals surface area contributed by atoms with Crippen LogP contribution >= 0.6 is 11.3 Å². The molecule has 2 aromatic rings. The van der Waals surface area contributed by atoms with Crippen LogP contribution in [0.3, 0.4) is 0 Å². The lowest BCUT2D eigenvalue weighted by atomic mass is 10.2. The smallest absolute Gasteiger partial charge is 0.234 e. The number of carbonyl (C=O) groups excluding carboxylic acids is 2. The fourth-order valence-electron chi connectivity index (χ4n) is 2.98. The van der Waals surface area contributed by atoms with Gasteiger partial charge >= 0.3 is 0 Å². The molecule has 2 heterocycles. The molecule has 1 fully saturated rings. The Bertz CT molecular complexity index is 756. The number of hydrogen-bond donors (Lipinski definition) is 2. The second-order valence-electron chi connectivity index (χ2n) is 6.64. The summed E-state index contributed by atoms with van der Waals surface area (Å²) in [7, 11) is 0. The van der Waals surface area contributed by atoms with Gasteiger partial charge in [-0.1, -0.05) is 30.3 Å². The fourth-order valence-corrected chi connectivity index (χ4v) is 3.73. The van der Waals surface area contributed by atoms with Gasteiger partial charge in [0.15, 0.2) is 5.13 Å². The number of rotatable bonds is 7. The van der Waals surface area contributed by atoms with Gasteiger partial charge in [0.2, 0.25) is 11.8 Å². The van der Waals surface area contributed by atoms with E-state index in [9.17, 15) is 9.59 Å². The van der Waals surface area contributed by atoms with Crippen molar-refractivity contribution in [3.8, 4) is 0 Å². The molecule has 0 unspecified atom stereocenters. The third kappa shape index (κ3) is 6.42. The van der Waals surface area contributed by atoms with Crippen LogP contribution in [0.15, 0.2) is 35.7 Å². The van der Waals surface area contributed by atoms with Crippen LogP contribution in [-0.2, 0) is 22.7 Å². The minimum Gasteiger partial charge on any atom is -0.351 e. The molecule has 27 heavy (non-hydrogen) atoms. The topological polar surface area (TPSA) is 77.6 Å². The first-order valence-corrected chi connectivity index (χ1v) is 9.94. The summed E-state index contributed by atoms with van der Waals surface area (Å²) >= 11 is 1.45. The number of hydrogen-bond acceptors (Lipinski definition) is 6. The number of carbonyl (C=O) groups is 2. The van der Waals surface area contributed by atoms with Gasteiger partial charge in [0.05, 0.1) is 12.2 Å². The molecule has 0 saturated carbocycles. The summed E-state index contributed by atoms with van der Waals surface area (Å²) in [6.07, 6.45) is 0. The average Bonchev–Trinajstić information content (AvgIpc) is 3.08. The van der Waals surface area contributed by atoms with Crippen LogP contribution in [-0.4, -0.2) is 59.3 Å². The normalized spacial score (nSPS) is 15.4. The van der Waals surface area contributed by atoms with Crippen LogP contribution in [0.1, 0.15) is 18.2 Å². The first-order chi connectivity index (χ1) is 13.1. The number of piperazine rings is 1. The molecule has 0 spiro atoms. The quantitative estimate of drug-likeness (QED) is 0.754. The lowest BCUT2D eigenvalue weighted by Crippen LogP contribution is -2.49. The Morgan fingerprint density at radius 3 is 2.52 bits per heavy atom. The molecule has 1 aromatic carbocycles. The van der Waals surface area contributed by atoms with Gasteiger partial charge in [-0.2, -0.15) is 0 Å². The van der Waals surface area contributed by atoms with E-state index in [-0.39, 0.29) is 11.8 Å². The van der Waals surface area contributed by atoms with Gasteiger partial charge < -0.3 is 10.6 Å². The van der Waals surface area contributed by atoms with E-state index in [1.807, 2.05) is 35.7 Å². The minimum absolute atomic E-state index is 0.0618. The first-order valence-electron chi connectivity index (χ1n) is 9.06. The Hall–Kier alpha value is -2.29. The predicted octanol–water partition coefficient (Wildman–Crippen LogP) is 1.54. The van der Waals surface area contributed by atoms with E-state index in [0.29, 0.717) is 18.2 Å². The molecule has 1 aliphatic heterocycles. The predicted molar refractivity (Wildman–Crippen MR) is 106 cm³/mol. The first kappa shape index (κ1) is 19.5. The van der Waals surface area contributed by atoms with E-state index in [1.165, 1.54) is 18.3 Å². The lowest BCUT2D eigenvalue weighted by Gasteiger charge is -2.33. The summed E-state index contributed by atoms with van der Waals surface area (Å²) in [6, 6.07) is 9.94. The third-order valence-corrected chi connectivity index (χ3v) is 5.19. The Kier molecular flexibility index (Phi) is 6.92. The molecule has 1 aromatic heterocycles. The summed E-state index contributed by atoms with van der Waals surface area (Å²) in [5.41, 5.74) is 2.08. The molecule has 0 atom stereocenters. The van der Waals surface area contributed by atoms with Crippen molar-refractivity contribution >= 4 is 28.3 Å². The summed E-state index contributed by atoms with van der Waals surface area (Å²) in [6.45, 7) is 6.78. The Morgan fingerprint density at radius 1 is 1.11 bits per heavy atom. The van der Waals surface area contributed by atoms with E-state index >= 15 is 0 Å². The highest BCUT2D eigenvalue weighted by atomic mass is 32.1. The number of thiazole rings is 1. The van der Waals surface area contributed by atoms with Gasteiger partial charge in [-0.05, 0) is 5.56 Å². The number of nitrogens with zero attached hydrogens (tertiary/aromatic N) is 3. The van der Waals surface area contributed by atoms with E-state index in [1.54, 1.807) is 0 Å². The van der Waals surface area contributed by atoms with Crippen molar-refractivity contribution in [1.82, 2.24) is 20.1 Å². The van der Waals surface area contributed by atoms with Crippen LogP contribution in [0, 0.1) is 0 Å². The number of anilines is 1. The minimum atomic E-state index is -0.102. The highest BCUT2D eigenvalue weighted by Gasteiger charge is 2.19. The maximum absolute atomic E-state index is 12.1. The van der Waals surface area contributed by atoms with E-state index in [4.69, 9.17) is 0 Å². The van der Waals surface area contributed by atoms with Crippen molar-refractivity contribution in [3.05, 3.63) is 47.0 Å². The second kappa shape index (κ2) is 9.59. The zero-order valence-corrected chi connectivity index (χ0v) is 16.3. The van der Waals surface area contributed by atoms with Crippen molar-refractivity contribution in [2.75, 3.05) is 38.0 Å². The molecular weight excluding hydrogens is 362 g/mol. The maximum Gasteiger partial charge on any atom is 0.234 e. The molecule has 2 N–H and O–H groups in total. The van der Waals surface area contributed by atoms with Crippen LogP contribution in [0.2, 0.25) is 0 Å². The Balaban J connectivity index is 1.36. The number of aromatic nitrogens is 1. The van der Waals surface area contributed by atoms with Gasteiger partial charge in [0.1, 0.15) is 0 Å². The van der Waals surface area contributed by atoms with Gasteiger partial charge in [0, 0.05) is 51.6 Å². The molecule has 1 saturated heterocycles. The Morgan fingerprint density at radius 2 is 1.81 bits per heavy atom. The fraction of sp³-hybridized carbons (Fsp3) is 0.421. The van der Waals surface area contributed by atoms with Crippen molar-refractivity contribution in [2.24, 2.45) is 0 Å². The SMILES string of the molecule is CC(=O)Nc1nc(CN2CCN(CC(=O)NCc3ccccc3)CC2)cs1. The average molecular weight is 388 g/mol. The van der Waals surface area contributed by atoms with E-state index < -0.39 is 0 Å². The molecule has 0 aliphatic carbocycles. The molecule has 1 aliphatic rings. The van der Waals surface area contributed by atoms with Gasteiger partial charge in [-0.3, -0.25) is 19.4 Å². The van der Waals surface area contributed by atoms with Crippen LogP contribution < -0.4 is 10.6 Å². The van der Waals surface area contributed by atoms with E-state index in [0.717, 1.165) is 44.0 Å². The Labute approximate surface area is 163 Å². The third-order valence-electron chi connectivity index (χ3n) is 4.38. The number of amides is 2. The van der Waals surface area contributed by atoms with Crippen molar-refractivity contribution in [3.63, 3.8) is 0 Å². The molecule has 2 amide bonds. The highest BCUT2D eigenvalue weighted by Crippen LogP contribution is 2.17. The molecule has 3 rings (SSSR count). The van der Waals surface area contributed by atoms with Gasteiger partial charge in [-0.15, -0.1) is 11.3 Å². The number of nitrogens with one attached hydrogen (secondary N) is 2. The highest BCUT2D eigenvalue weighted by molar-refractivity contribution is 7.13. The zero-order chi connectivity index (χ0) is 19.1. The zero-order valence-electron chi connectivity index (χ0n) is 15.5. The molecule has 7 nitrogen and oxygen atoms in total. The standard InChI is InChI=1S/C19H25N5O2S/c1-15(25)21-19-22-17(14-27-19)12-23-7-9-24(10-8-23)13-18(26)20-11-16-5-3-2-4-6-16/h2-6,14H,7-13H2,1H3,(H,20,26)(H,21,22,25). The molecule has 8 heteroatoms. The second-order valence-corrected chi connectivity index (χ2v) is 7.50. The molecule has 0 bridgehead atoms. The lowest BCUT2D eigenvalue weighted by molar-refractivity contribution is -0.122. The van der Waals surface area contributed by atoms with Crippen LogP contribution in [0.4, 0.5) is 5.13 Å². The van der Waals surface area contributed by atoms with Crippen molar-refractivity contribution < 1.29 is 9.59 Å². The van der Waals surface area contributed by atoms with Crippen LogP contribution in [0.25, 0.3) is 0 Å². The van der Waals surface area contributed by atoms with Gasteiger partial charge in [0.25, 0.3) is 0 Å². The molecule has 144 valence electrons. The summed E-state index contributed by atoms with van der Waals surface area (Å²) in [5.74, 6) is -0.0400. The summed E-state index contributed by atoms with van der Waals surface area (Å²) in [5, 5.41) is 8.32. The monoisotopic (exact) mass is 387 g/mol. The van der Waals surface area contributed by atoms with Crippen LogP contribution in [0.5, 0.6) is 0 Å². The molecule has 0 radical (unpaired) electrons. The summed E-state index contributed by atoms with van der Waals surface area (Å²) < 4.78 is 0. The molecular formula is C19H25N5O2S. The van der Waals surface area contributed by atoms with Crippen molar-refractivity contribution in [1.29, 1.82) is 0 Å². The number of benzene rings is 1. The van der Waals surface area contributed by atoms with E-state index in [2.05, 4.69) is 25.4 Å². The maximum atomic E-state index is 12.1.